The van der Waals surface area contributed by atoms with Gasteiger partial charge in [-0.2, -0.15) is 5.26 Å². The molecule has 0 aromatic heterocycles. The number of nitriles is 1. The Morgan fingerprint density at radius 1 is 1.33 bits per heavy atom. The molecule has 1 aliphatic rings. The molecule has 0 amide bonds. The monoisotopic (exact) mass is 307 g/mol. The minimum atomic E-state index is -3.64. The minimum absolute atomic E-state index is 0.0266. The molecule has 0 bridgehead atoms. The van der Waals surface area contributed by atoms with Crippen molar-refractivity contribution in [3.8, 4) is 6.07 Å². The summed E-state index contributed by atoms with van der Waals surface area (Å²) in [5.74, 6) is 0. The Labute approximate surface area is 126 Å². The van der Waals surface area contributed by atoms with Gasteiger partial charge in [-0.25, -0.2) is 13.1 Å². The third-order valence-electron chi connectivity index (χ3n) is 4.18. The maximum absolute atomic E-state index is 12.4. The molecule has 0 saturated carbocycles. The van der Waals surface area contributed by atoms with Crippen LogP contribution in [0.15, 0.2) is 29.2 Å². The van der Waals surface area contributed by atoms with Crippen LogP contribution < -0.4 is 4.72 Å². The molecule has 1 aromatic rings. The van der Waals surface area contributed by atoms with Crippen LogP contribution in [0.5, 0.6) is 0 Å². The number of nitrogens with zero attached hydrogens (tertiary/aromatic N) is 2. The molecular weight excluding hydrogens is 286 g/mol. The van der Waals surface area contributed by atoms with Crippen molar-refractivity contribution in [3.63, 3.8) is 0 Å². The maximum Gasteiger partial charge on any atom is 0.241 e. The summed E-state index contributed by atoms with van der Waals surface area (Å²) >= 11 is 0. The second-order valence-electron chi connectivity index (χ2n) is 6.05. The van der Waals surface area contributed by atoms with E-state index in [1.165, 1.54) is 12.1 Å². The lowest BCUT2D eigenvalue weighted by molar-refractivity contribution is 0.143. The molecule has 0 radical (unpaired) electrons. The zero-order chi connectivity index (χ0) is 15.5. The number of benzene rings is 1. The van der Waals surface area contributed by atoms with Gasteiger partial charge in [0.25, 0.3) is 0 Å². The van der Waals surface area contributed by atoms with E-state index in [1.54, 1.807) is 12.1 Å². The minimum Gasteiger partial charge on any atom is -0.306 e. The molecule has 114 valence electrons. The van der Waals surface area contributed by atoms with Crippen LogP contribution in [0.3, 0.4) is 0 Å². The van der Waals surface area contributed by atoms with Gasteiger partial charge in [0, 0.05) is 6.54 Å². The van der Waals surface area contributed by atoms with Crippen LogP contribution in [-0.4, -0.2) is 40.0 Å². The molecule has 1 fully saturated rings. The lowest BCUT2D eigenvalue weighted by atomic mass is 9.81. The molecule has 2 rings (SSSR count). The smallest absolute Gasteiger partial charge is 0.241 e. The highest BCUT2D eigenvalue weighted by Gasteiger charge is 2.30. The van der Waals surface area contributed by atoms with E-state index >= 15 is 0 Å². The molecule has 0 spiro atoms. The summed E-state index contributed by atoms with van der Waals surface area (Å²) in [4.78, 5) is 2.31. The van der Waals surface area contributed by atoms with Gasteiger partial charge in [-0.15, -0.1) is 0 Å². The number of hydrogen-bond acceptors (Lipinski definition) is 4. The van der Waals surface area contributed by atoms with Crippen LogP contribution in [0.4, 0.5) is 0 Å². The molecule has 0 aliphatic carbocycles. The fraction of sp³-hybridized carbons (Fsp3) is 0.533. The standard InChI is InChI=1S/C15H21N3O2S/c1-15(7-9-18(2)10-8-15)12-17-21(19,20)14-6-4-3-5-13(14)11-16/h3-6,17H,7-10,12H2,1-2H3. The highest BCUT2D eigenvalue weighted by atomic mass is 32.2. The van der Waals surface area contributed by atoms with Crippen LogP contribution in [0.25, 0.3) is 0 Å². The zero-order valence-corrected chi connectivity index (χ0v) is 13.3. The fourth-order valence-electron chi connectivity index (χ4n) is 2.48. The van der Waals surface area contributed by atoms with Gasteiger partial charge >= 0.3 is 0 Å². The number of rotatable bonds is 4. The number of piperidine rings is 1. The highest BCUT2D eigenvalue weighted by molar-refractivity contribution is 7.89. The van der Waals surface area contributed by atoms with Crippen molar-refractivity contribution in [2.24, 2.45) is 5.41 Å². The van der Waals surface area contributed by atoms with Crippen molar-refractivity contribution < 1.29 is 8.42 Å². The molecule has 0 unspecified atom stereocenters. The van der Waals surface area contributed by atoms with Gasteiger partial charge < -0.3 is 4.90 Å². The van der Waals surface area contributed by atoms with Crippen LogP contribution in [0, 0.1) is 16.7 Å². The Hall–Kier alpha value is -1.42. The van der Waals surface area contributed by atoms with E-state index in [1.807, 2.05) is 6.07 Å². The normalized spacial score (nSPS) is 19.1. The van der Waals surface area contributed by atoms with Crippen molar-refractivity contribution in [3.05, 3.63) is 29.8 Å². The van der Waals surface area contributed by atoms with Crippen LogP contribution >= 0.6 is 0 Å². The van der Waals surface area contributed by atoms with Crippen LogP contribution in [-0.2, 0) is 10.0 Å². The van der Waals surface area contributed by atoms with Gasteiger partial charge in [0.05, 0.1) is 10.5 Å². The van der Waals surface area contributed by atoms with Crippen molar-refractivity contribution in [2.45, 2.75) is 24.7 Å². The van der Waals surface area contributed by atoms with Gasteiger partial charge in [0.15, 0.2) is 0 Å². The second kappa shape index (κ2) is 6.14. The predicted octanol–water partition coefficient (Wildman–Crippen LogP) is 1.57. The zero-order valence-electron chi connectivity index (χ0n) is 12.5. The van der Waals surface area contributed by atoms with E-state index in [2.05, 4.69) is 23.6 Å². The molecule has 1 aliphatic heterocycles. The third-order valence-corrected chi connectivity index (χ3v) is 5.64. The molecule has 1 aromatic carbocycles. The van der Waals surface area contributed by atoms with E-state index in [9.17, 15) is 8.42 Å². The molecule has 0 atom stereocenters. The van der Waals surface area contributed by atoms with Crippen LogP contribution in [0.1, 0.15) is 25.3 Å². The fourth-order valence-corrected chi connectivity index (χ4v) is 3.83. The molecule has 21 heavy (non-hydrogen) atoms. The lowest BCUT2D eigenvalue weighted by Crippen LogP contribution is -2.43. The summed E-state index contributed by atoms with van der Waals surface area (Å²) in [6, 6.07) is 8.21. The lowest BCUT2D eigenvalue weighted by Gasteiger charge is -2.37. The number of likely N-dealkylation sites (tertiary alicyclic amines) is 1. The Morgan fingerprint density at radius 3 is 2.57 bits per heavy atom. The van der Waals surface area contributed by atoms with Crippen molar-refractivity contribution in [1.29, 1.82) is 5.26 Å². The summed E-state index contributed by atoms with van der Waals surface area (Å²) in [6.07, 6.45) is 1.93. The van der Waals surface area contributed by atoms with Gasteiger partial charge in [0.1, 0.15) is 6.07 Å². The first-order valence-electron chi connectivity index (χ1n) is 7.04. The Kier molecular flexibility index (Phi) is 4.67. The van der Waals surface area contributed by atoms with Crippen LogP contribution in [0.2, 0.25) is 0 Å². The first kappa shape index (κ1) is 16.0. The summed E-state index contributed by atoms with van der Waals surface area (Å²) in [5, 5.41) is 9.03. The second-order valence-corrected chi connectivity index (χ2v) is 7.78. The largest absolute Gasteiger partial charge is 0.306 e. The third kappa shape index (κ3) is 3.82. The Bertz CT molecular complexity index is 641. The average molecular weight is 307 g/mol. The first-order valence-corrected chi connectivity index (χ1v) is 8.52. The summed E-state index contributed by atoms with van der Waals surface area (Å²) < 4.78 is 27.5. The van der Waals surface area contributed by atoms with E-state index in [0.717, 1.165) is 25.9 Å². The number of sulfonamides is 1. The van der Waals surface area contributed by atoms with Gasteiger partial charge in [-0.1, -0.05) is 19.1 Å². The van der Waals surface area contributed by atoms with E-state index < -0.39 is 10.0 Å². The number of hydrogen-bond donors (Lipinski definition) is 1. The molecule has 5 nitrogen and oxygen atoms in total. The van der Waals surface area contributed by atoms with E-state index in [0.29, 0.717) is 6.54 Å². The molecule has 1 N–H and O–H groups in total. The molecule has 6 heteroatoms. The van der Waals surface area contributed by atoms with E-state index in [4.69, 9.17) is 5.26 Å². The van der Waals surface area contributed by atoms with Crippen molar-refractivity contribution >= 4 is 10.0 Å². The summed E-state index contributed by atoms with van der Waals surface area (Å²) in [6.45, 7) is 4.47. The first-order chi connectivity index (χ1) is 9.86. The summed E-state index contributed by atoms with van der Waals surface area (Å²) in [7, 11) is -1.56. The van der Waals surface area contributed by atoms with E-state index in [-0.39, 0.29) is 15.9 Å². The molecule has 1 saturated heterocycles. The van der Waals surface area contributed by atoms with Gasteiger partial charge in [-0.05, 0) is 50.5 Å². The predicted molar refractivity (Wildman–Crippen MR) is 81.2 cm³/mol. The highest BCUT2D eigenvalue weighted by Crippen LogP contribution is 2.30. The Balaban J connectivity index is 2.10. The SMILES string of the molecule is CN1CCC(C)(CNS(=O)(=O)c2ccccc2C#N)CC1. The van der Waals surface area contributed by atoms with Gasteiger partial charge in [-0.3, -0.25) is 0 Å². The molecule has 1 heterocycles. The van der Waals surface area contributed by atoms with Gasteiger partial charge in [0.2, 0.25) is 10.0 Å². The van der Waals surface area contributed by atoms with Crippen molar-refractivity contribution in [1.82, 2.24) is 9.62 Å². The number of nitrogens with one attached hydrogen (secondary N) is 1. The van der Waals surface area contributed by atoms with Crippen molar-refractivity contribution in [2.75, 3.05) is 26.7 Å². The topological polar surface area (TPSA) is 73.2 Å². The summed E-state index contributed by atoms with van der Waals surface area (Å²) in [5.41, 5.74) is 0.153. The quantitative estimate of drug-likeness (QED) is 0.916. The maximum atomic E-state index is 12.4. The molecular formula is C15H21N3O2S. The average Bonchev–Trinajstić information content (AvgIpc) is 2.49. The Morgan fingerprint density at radius 2 is 1.95 bits per heavy atom.